The lowest BCUT2D eigenvalue weighted by Gasteiger charge is -2.37. The number of aromatic nitrogens is 4. The molecule has 29 heavy (non-hydrogen) atoms. The number of benzene rings is 1. The summed E-state index contributed by atoms with van der Waals surface area (Å²) in [6.07, 6.45) is 0.240. The molecule has 0 radical (unpaired) electrons. The van der Waals surface area contributed by atoms with E-state index in [9.17, 15) is 9.18 Å². The van der Waals surface area contributed by atoms with E-state index < -0.39 is 12.4 Å². The van der Waals surface area contributed by atoms with Crippen LogP contribution in [-0.4, -0.2) is 51.1 Å². The van der Waals surface area contributed by atoms with Crippen LogP contribution in [0.2, 0.25) is 0 Å². The normalized spacial score (nSPS) is 19.8. The summed E-state index contributed by atoms with van der Waals surface area (Å²) in [5, 5.41) is 4.52. The summed E-state index contributed by atoms with van der Waals surface area (Å²) in [7, 11) is 0. The molecule has 1 fully saturated rings. The third-order valence-electron chi connectivity index (χ3n) is 5.02. The number of morpholine rings is 1. The van der Waals surface area contributed by atoms with Crippen LogP contribution >= 0.6 is 0 Å². The molecule has 4 rings (SSSR count). The van der Waals surface area contributed by atoms with Crippen LogP contribution in [0.25, 0.3) is 16.9 Å². The van der Waals surface area contributed by atoms with E-state index in [-0.39, 0.29) is 31.1 Å². The highest BCUT2D eigenvalue weighted by Gasteiger charge is 2.29. The van der Waals surface area contributed by atoms with Crippen LogP contribution in [0.4, 0.5) is 16.0 Å². The maximum Gasteiger partial charge on any atom is 0.353 e. The van der Waals surface area contributed by atoms with Gasteiger partial charge in [0.15, 0.2) is 5.65 Å². The molecule has 0 aliphatic carbocycles. The number of halogens is 1. The van der Waals surface area contributed by atoms with E-state index >= 15 is 0 Å². The number of anilines is 2. The maximum atomic E-state index is 12.8. The summed E-state index contributed by atoms with van der Waals surface area (Å²) in [6.45, 7) is 4.96. The van der Waals surface area contributed by atoms with E-state index in [1.807, 2.05) is 44.2 Å². The Labute approximate surface area is 167 Å². The Balaban J connectivity index is 1.98. The number of fused-ring (bicyclic) bond motifs is 1. The first-order valence-electron chi connectivity index (χ1n) is 9.80. The van der Waals surface area contributed by atoms with Crippen molar-refractivity contribution in [2.75, 3.05) is 30.4 Å². The molecule has 1 aliphatic rings. The molecule has 1 aromatic carbocycles. The summed E-state index contributed by atoms with van der Waals surface area (Å²) in [6, 6.07) is 9.69. The minimum atomic E-state index is -0.519. The van der Waals surface area contributed by atoms with E-state index in [1.54, 1.807) is 0 Å². The SMILES string of the molecule is CC1CN(c2c(-c3ccccc3)nc(N)n3c(=O)n(CCCF)nc23)CC(C)O1. The van der Waals surface area contributed by atoms with Crippen molar-refractivity contribution < 1.29 is 9.13 Å². The maximum absolute atomic E-state index is 12.8. The quantitative estimate of drug-likeness (QED) is 0.705. The number of aryl methyl sites for hydroxylation is 1. The number of ether oxygens (including phenoxy) is 1. The van der Waals surface area contributed by atoms with Gasteiger partial charge in [0.05, 0.1) is 18.9 Å². The highest BCUT2D eigenvalue weighted by Crippen LogP contribution is 2.34. The zero-order chi connectivity index (χ0) is 20.5. The number of hydrogen-bond acceptors (Lipinski definition) is 6. The third-order valence-corrected chi connectivity index (χ3v) is 5.02. The van der Waals surface area contributed by atoms with Gasteiger partial charge in [-0.2, -0.15) is 0 Å². The van der Waals surface area contributed by atoms with Gasteiger partial charge in [-0.15, -0.1) is 5.10 Å². The molecule has 3 aromatic rings. The van der Waals surface area contributed by atoms with Crippen molar-refractivity contribution in [2.24, 2.45) is 0 Å². The van der Waals surface area contributed by atoms with Crippen molar-refractivity contribution >= 4 is 17.3 Å². The van der Waals surface area contributed by atoms with Gasteiger partial charge in [0, 0.05) is 25.2 Å². The van der Waals surface area contributed by atoms with Crippen molar-refractivity contribution in [1.82, 2.24) is 19.2 Å². The number of nitrogens with zero attached hydrogens (tertiary/aromatic N) is 5. The van der Waals surface area contributed by atoms with Gasteiger partial charge in [0.1, 0.15) is 11.4 Å². The molecule has 0 saturated carbocycles. The van der Waals surface area contributed by atoms with Crippen molar-refractivity contribution in [3.8, 4) is 11.3 Å². The first kappa shape index (κ1) is 19.4. The molecule has 2 aromatic heterocycles. The average Bonchev–Trinajstić information content (AvgIpc) is 3.03. The van der Waals surface area contributed by atoms with Gasteiger partial charge >= 0.3 is 5.69 Å². The molecule has 0 amide bonds. The molecule has 2 unspecified atom stereocenters. The lowest BCUT2D eigenvalue weighted by Crippen LogP contribution is -2.46. The molecule has 2 atom stereocenters. The van der Waals surface area contributed by atoms with E-state index in [0.29, 0.717) is 24.4 Å². The van der Waals surface area contributed by atoms with Crippen LogP contribution in [0, 0.1) is 0 Å². The van der Waals surface area contributed by atoms with Gasteiger partial charge in [-0.3, -0.25) is 4.39 Å². The number of nitrogens with two attached hydrogens (primary N) is 1. The molecule has 8 nitrogen and oxygen atoms in total. The number of hydrogen-bond donors (Lipinski definition) is 1. The van der Waals surface area contributed by atoms with E-state index in [1.165, 1.54) is 9.08 Å². The average molecular weight is 400 g/mol. The fraction of sp³-hybridized carbons (Fsp3) is 0.450. The van der Waals surface area contributed by atoms with Crippen LogP contribution in [0.5, 0.6) is 0 Å². The van der Waals surface area contributed by atoms with Crippen LogP contribution in [0.15, 0.2) is 35.1 Å². The van der Waals surface area contributed by atoms with E-state index in [0.717, 1.165) is 11.3 Å². The van der Waals surface area contributed by atoms with Crippen molar-refractivity contribution in [3.05, 3.63) is 40.8 Å². The van der Waals surface area contributed by atoms with Gasteiger partial charge in [0.25, 0.3) is 0 Å². The molecule has 1 saturated heterocycles. The number of alkyl halides is 1. The van der Waals surface area contributed by atoms with Crippen LogP contribution in [-0.2, 0) is 11.3 Å². The van der Waals surface area contributed by atoms with Gasteiger partial charge in [-0.05, 0) is 20.3 Å². The Kier molecular flexibility index (Phi) is 5.23. The molecular formula is C20H25FN6O2. The van der Waals surface area contributed by atoms with Crippen LogP contribution < -0.4 is 16.3 Å². The molecule has 2 N–H and O–H groups in total. The topological polar surface area (TPSA) is 90.7 Å². The first-order chi connectivity index (χ1) is 14.0. The molecule has 1 aliphatic heterocycles. The van der Waals surface area contributed by atoms with Crippen molar-refractivity contribution in [2.45, 2.75) is 39.0 Å². The predicted octanol–water partition coefficient (Wildman–Crippen LogP) is 2.11. The molecule has 3 heterocycles. The van der Waals surface area contributed by atoms with Crippen molar-refractivity contribution in [3.63, 3.8) is 0 Å². The Morgan fingerprint density at radius 1 is 1.21 bits per heavy atom. The Bertz CT molecular complexity index is 1050. The Hall–Kier alpha value is -2.94. The Morgan fingerprint density at radius 2 is 1.90 bits per heavy atom. The van der Waals surface area contributed by atoms with Gasteiger partial charge in [-0.25, -0.2) is 18.9 Å². The lowest BCUT2D eigenvalue weighted by molar-refractivity contribution is -0.00513. The number of rotatable bonds is 5. The second kappa shape index (κ2) is 7.82. The Morgan fingerprint density at radius 3 is 2.55 bits per heavy atom. The second-order valence-corrected chi connectivity index (χ2v) is 7.40. The summed E-state index contributed by atoms with van der Waals surface area (Å²) >= 11 is 0. The van der Waals surface area contributed by atoms with E-state index in [4.69, 9.17) is 10.5 Å². The van der Waals surface area contributed by atoms with Crippen LogP contribution in [0.3, 0.4) is 0 Å². The fourth-order valence-corrected chi connectivity index (χ4v) is 3.90. The molecule has 0 bridgehead atoms. The lowest BCUT2D eigenvalue weighted by atomic mass is 10.1. The summed E-state index contributed by atoms with van der Waals surface area (Å²) in [4.78, 5) is 19.6. The summed E-state index contributed by atoms with van der Waals surface area (Å²) < 4.78 is 21.1. The second-order valence-electron chi connectivity index (χ2n) is 7.40. The molecule has 9 heteroatoms. The van der Waals surface area contributed by atoms with E-state index in [2.05, 4.69) is 15.0 Å². The zero-order valence-corrected chi connectivity index (χ0v) is 16.6. The first-order valence-corrected chi connectivity index (χ1v) is 9.80. The highest BCUT2D eigenvalue weighted by atomic mass is 19.1. The van der Waals surface area contributed by atoms with Gasteiger partial charge in [-0.1, -0.05) is 30.3 Å². The largest absolute Gasteiger partial charge is 0.372 e. The summed E-state index contributed by atoms with van der Waals surface area (Å²) in [5.74, 6) is 0.0634. The fourth-order valence-electron chi connectivity index (χ4n) is 3.90. The minimum Gasteiger partial charge on any atom is -0.372 e. The molecule has 0 spiro atoms. The number of nitrogen functional groups attached to an aromatic ring is 1. The minimum absolute atomic E-state index is 0.0142. The third kappa shape index (κ3) is 3.57. The van der Waals surface area contributed by atoms with Gasteiger partial charge < -0.3 is 15.4 Å². The predicted molar refractivity (Wildman–Crippen MR) is 110 cm³/mol. The standard InChI is InChI=1S/C20H25FN6O2/c1-13-11-25(12-14(2)29-13)17-16(15-7-4-3-5-8-15)23-19(22)27-18(17)24-26(20(27)28)10-6-9-21/h3-5,7-8,13-14H,6,9-12H2,1-2H3,(H2,22,23). The molecule has 154 valence electrons. The van der Waals surface area contributed by atoms with Crippen LogP contribution in [0.1, 0.15) is 20.3 Å². The van der Waals surface area contributed by atoms with Crippen molar-refractivity contribution in [1.29, 1.82) is 0 Å². The monoisotopic (exact) mass is 400 g/mol. The van der Waals surface area contributed by atoms with Gasteiger partial charge in [0.2, 0.25) is 5.95 Å². The smallest absolute Gasteiger partial charge is 0.353 e. The summed E-state index contributed by atoms with van der Waals surface area (Å²) in [5.41, 5.74) is 8.48. The zero-order valence-electron chi connectivity index (χ0n) is 16.6. The highest BCUT2D eigenvalue weighted by molar-refractivity contribution is 5.86. The molecular weight excluding hydrogens is 375 g/mol.